The molecule has 0 radical (unpaired) electrons. The number of ether oxygens (including phenoxy) is 1. The molecule has 1 aliphatic rings. The molecule has 1 aromatic heterocycles. The highest BCUT2D eigenvalue weighted by Crippen LogP contribution is 2.39. The standard InChI is InChI=1S/C20H16Cl2F3N3O4S/c21-9-3-10(22)5-11(4-9)33-20-19(31)17(18(30)15(7-29)32-20)28-6-14(26-27-28)8-1-12(23)16(25)13(24)2-8/h1-6,15,17-20,29-31H,7H2. The van der Waals surface area contributed by atoms with Crippen LogP contribution in [0.4, 0.5) is 13.2 Å². The Morgan fingerprint density at radius 1 is 1.00 bits per heavy atom. The van der Waals surface area contributed by atoms with Gasteiger partial charge in [-0.05, 0) is 30.3 Å². The molecule has 13 heteroatoms. The lowest BCUT2D eigenvalue weighted by Gasteiger charge is -2.41. The van der Waals surface area contributed by atoms with Crippen molar-refractivity contribution >= 4 is 35.0 Å². The Balaban J connectivity index is 1.64. The van der Waals surface area contributed by atoms with Crippen LogP contribution < -0.4 is 0 Å². The van der Waals surface area contributed by atoms with E-state index in [-0.39, 0.29) is 11.3 Å². The van der Waals surface area contributed by atoms with Crippen LogP contribution in [-0.2, 0) is 4.74 Å². The molecule has 2 heterocycles. The molecule has 7 nitrogen and oxygen atoms in total. The maximum absolute atomic E-state index is 13.6. The maximum atomic E-state index is 13.6. The summed E-state index contributed by atoms with van der Waals surface area (Å²) in [4.78, 5) is 0.569. The lowest BCUT2D eigenvalue weighted by Crippen LogP contribution is -2.55. The second kappa shape index (κ2) is 9.79. The first kappa shape index (κ1) is 24.3. The molecule has 5 unspecified atom stereocenters. The Bertz CT molecular complexity index is 1130. The molecule has 176 valence electrons. The summed E-state index contributed by atoms with van der Waals surface area (Å²) >= 11 is 13.1. The van der Waals surface area contributed by atoms with Gasteiger partial charge in [-0.25, -0.2) is 17.9 Å². The zero-order valence-electron chi connectivity index (χ0n) is 16.4. The highest BCUT2D eigenvalue weighted by Gasteiger charge is 2.46. The van der Waals surface area contributed by atoms with Gasteiger partial charge in [0.2, 0.25) is 0 Å². The van der Waals surface area contributed by atoms with E-state index in [1.165, 1.54) is 12.3 Å². The number of benzene rings is 2. The van der Waals surface area contributed by atoms with Gasteiger partial charge in [0.1, 0.15) is 35.5 Å². The molecule has 1 fully saturated rings. The van der Waals surface area contributed by atoms with Crippen molar-refractivity contribution in [2.75, 3.05) is 6.61 Å². The summed E-state index contributed by atoms with van der Waals surface area (Å²) in [5.74, 6) is -4.42. The Morgan fingerprint density at radius 2 is 1.64 bits per heavy atom. The Morgan fingerprint density at radius 3 is 2.24 bits per heavy atom. The van der Waals surface area contributed by atoms with E-state index in [0.717, 1.165) is 28.6 Å². The predicted octanol–water partition coefficient (Wildman–Crippen LogP) is 3.44. The number of aliphatic hydroxyl groups excluding tert-OH is 3. The van der Waals surface area contributed by atoms with E-state index in [9.17, 15) is 28.5 Å². The minimum Gasteiger partial charge on any atom is -0.394 e. The molecule has 5 atom stereocenters. The Hall–Kier alpha value is -1.86. The molecule has 1 saturated heterocycles. The third kappa shape index (κ3) is 4.99. The van der Waals surface area contributed by atoms with E-state index in [4.69, 9.17) is 27.9 Å². The van der Waals surface area contributed by atoms with E-state index in [2.05, 4.69) is 10.3 Å². The summed E-state index contributed by atoms with van der Waals surface area (Å²) in [6, 6.07) is 5.11. The first-order valence-corrected chi connectivity index (χ1v) is 11.1. The van der Waals surface area contributed by atoms with E-state index in [1.54, 1.807) is 12.1 Å². The Labute approximate surface area is 199 Å². The van der Waals surface area contributed by atoms with Gasteiger partial charge in [-0.1, -0.05) is 40.2 Å². The monoisotopic (exact) mass is 521 g/mol. The molecule has 0 bridgehead atoms. The molecule has 2 aromatic carbocycles. The molecule has 0 saturated carbocycles. The minimum atomic E-state index is -1.62. The van der Waals surface area contributed by atoms with Crippen LogP contribution >= 0.6 is 35.0 Å². The molecule has 0 aliphatic carbocycles. The maximum Gasteiger partial charge on any atom is 0.194 e. The summed E-state index contributed by atoms with van der Waals surface area (Å²) in [6.07, 6.45) is -2.61. The number of aliphatic hydroxyl groups is 3. The minimum absolute atomic E-state index is 0.0231. The third-order valence-corrected chi connectivity index (χ3v) is 6.60. The first-order chi connectivity index (χ1) is 15.7. The SMILES string of the molecule is OCC1OC(Sc2cc(Cl)cc(Cl)c2)C(O)C(n2cc(-c3cc(F)c(F)c(F)c3)nn2)C1O. The molecule has 3 aromatic rings. The van der Waals surface area contributed by atoms with E-state index < -0.39 is 53.8 Å². The fourth-order valence-corrected chi connectivity index (χ4v) is 5.28. The molecule has 33 heavy (non-hydrogen) atoms. The van der Waals surface area contributed by atoms with Crippen molar-refractivity contribution in [3.05, 3.63) is 64.0 Å². The summed E-state index contributed by atoms with van der Waals surface area (Å²) in [7, 11) is 0. The van der Waals surface area contributed by atoms with Crippen molar-refractivity contribution in [2.45, 2.75) is 34.7 Å². The number of hydrogen-bond donors (Lipinski definition) is 3. The van der Waals surface area contributed by atoms with Crippen LogP contribution in [0, 0.1) is 17.5 Å². The van der Waals surface area contributed by atoms with Crippen molar-refractivity contribution < 1.29 is 33.2 Å². The molecule has 4 rings (SSSR count). The van der Waals surface area contributed by atoms with Gasteiger partial charge < -0.3 is 20.1 Å². The highest BCUT2D eigenvalue weighted by atomic mass is 35.5. The van der Waals surface area contributed by atoms with Gasteiger partial charge in [0.15, 0.2) is 17.5 Å². The van der Waals surface area contributed by atoms with Gasteiger partial charge in [0.05, 0.1) is 12.8 Å². The van der Waals surface area contributed by atoms with Crippen molar-refractivity contribution in [3.8, 4) is 11.3 Å². The van der Waals surface area contributed by atoms with Crippen molar-refractivity contribution in [1.29, 1.82) is 0 Å². The number of aromatic nitrogens is 3. The summed E-state index contributed by atoms with van der Waals surface area (Å²) in [5.41, 5.74) is -1.09. The summed E-state index contributed by atoms with van der Waals surface area (Å²) in [5, 5.41) is 39.7. The first-order valence-electron chi connectivity index (χ1n) is 9.50. The average molecular weight is 522 g/mol. The van der Waals surface area contributed by atoms with Crippen molar-refractivity contribution in [2.24, 2.45) is 0 Å². The smallest absolute Gasteiger partial charge is 0.194 e. The molecule has 0 amide bonds. The fourth-order valence-electron chi connectivity index (χ4n) is 3.47. The van der Waals surface area contributed by atoms with E-state index >= 15 is 0 Å². The number of thioether (sulfide) groups is 1. The zero-order valence-corrected chi connectivity index (χ0v) is 18.8. The molecule has 3 N–H and O–H groups in total. The van der Waals surface area contributed by atoms with Crippen LogP contribution in [-0.4, -0.2) is 60.7 Å². The number of hydrogen-bond acceptors (Lipinski definition) is 7. The Kier molecular flexibility index (Phi) is 7.20. The lowest BCUT2D eigenvalue weighted by atomic mass is 9.97. The van der Waals surface area contributed by atoms with E-state index in [1.807, 2.05) is 0 Å². The van der Waals surface area contributed by atoms with Crippen molar-refractivity contribution in [3.63, 3.8) is 0 Å². The van der Waals surface area contributed by atoms with Gasteiger partial charge in [-0.15, -0.1) is 5.10 Å². The topological polar surface area (TPSA) is 101 Å². The normalized spacial score (nSPS) is 25.4. The number of rotatable bonds is 5. The van der Waals surface area contributed by atoms with Crippen LogP contribution in [0.3, 0.4) is 0 Å². The quantitative estimate of drug-likeness (QED) is 0.442. The summed E-state index contributed by atoms with van der Waals surface area (Å²) < 4.78 is 47.2. The van der Waals surface area contributed by atoms with Crippen LogP contribution in [0.1, 0.15) is 6.04 Å². The van der Waals surface area contributed by atoms with Crippen LogP contribution in [0.5, 0.6) is 0 Å². The number of nitrogens with zero attached hydrogens (tertiary/aromatic N) is 3. The number of halogens is 5. The second-order valence-corrected chi connectivity index (χ2v) is 9.30. The van der Waals surface area contributed by atoms with Crippen molar-refractivity contribution in [1.82, 2.24) is 15.0 Å². The van der Waals surface area contributed by atoms with Gasteiger partial charge in [0, 0.05) is 20.5 Å². The fraction of sp³-hybridized carbons (Fsp3) is 0.300. The molecular weight excluding hydrogens is 506 g/mol. The third-order valence-electron chi connectivity index (χ3n) is 5.03. The van der Waals surface area contributed by atoms with Crippen LogP contribution in [0.15, 0.2) is 41.4 Å². The van der Waals surface area contributed by atoms with Crippen LogP contribution in [0.25, 0.3) is 11.3 Å². The molecule has 1 aliphatic heterocycles. The highest BCUT2D eigenvalue weighted by molar-refractivity contribution is 7.99. The summed E-state index contributed by atoms with van der Waals surface area (Å²) in [6.45, 7) is -0.562. The van der Waals surface area contributed by atoms with Gasteiger partial charge in [0.25, 0.3) is 0 Å². The second-order valence-electron chi connectivity index (χ2n) is 7.26. The molecular formula is C20H16Cl2F3N3O4S. The van der Waals surface area contributed by atoms with Gasteiger partial charge in [-0.2, -0.15) is 0 Å². The zero-order chi connectivity index (χ0) is 23.9. The predicted molar refractivity (Wildman–Crippen MR) is 114 cm³/mol. The van der Waals surface area contributed by atoms with E-state index in [0.29, 0.717) is 14.9 Å². The lowest BCUT2D eigenvalue weighted by molar-refractivity contribution is -0.178. The largest absolute Gasteiger partial charge is 0.394 e. The molecule has 0 spiro atoms. The van der Waals surface area contributed by atoms with Gasteiger partial charge >= 0.3 is 0 Å². The van der Waals surface area contributed by atoms with Crippen LogP contribution in [0.2, 0.25) is 10.0 Å². The van der Waals surface area contributed by atoms with Gasteiger partial charge in [-0.3, -0.25) is 0 Å². The average Bonchev–Trinajstić information content (AvgIpc) is 3.23.